The first kappa shape index (κ1) is 15.3. The summed E-state index contributed by atoms with van der Waals surface area (Å²) in [5.41, 5.74) is -0.441. The molecule has 0 amide bonds. The first-order chi connectivity index (χ1) is 10.3. The fourth-order valence-corrected chi connectivity index (χ4v) is 3.74. The van der Waals surface area contributed by atoms with Crippen molar-refractivity contribution in [1.82, 2.24) is 9.78 Å². The molecule has 0 unspecified atom stereocenters. The van der Waals surface area contributed by atoms with Gasteiger partial charge in [-0.3, -0.25) is 0 Å². The molecular formula is C12H9BrF3N3O2S. The maximum absolute atomic E-state index is 13.3. The number of carboxylic acids is 1. The number of halogens is 4. The van der Waals surface area contributed by atoms with Gasteiger partial charge in [0.05, 0.1) is 10.5 Å². The zero-order chi connectivity index (χ0) is 16.1. The molecular weight excluding hydrogens is 387 g/mol. The number of nitrogens with zero attached hydrogens (tertiary/aromatic N) is 2. The molecule has 118 valence electrons. The smallest absolute Gasteiger partial charge is 0.410 e. The van der Waals surface area contributed by atoms with Gasteiger partial charge in [-0.2, -0.15) is 18.3 Å². The van der Waals surface area contributed by atoms with E-state index >= 15 is 0 Å². The van der Waals surface area contributed by atoms with Gasteiger partial charge in [-0.15, -0.1) is 11.3 Å². The third kappa shape index (κ3) is 2.50. The van der Waals surface area contributed by atoms with E-state index in [0.717, 1.165) is 4.88 Å². The van der Waals surface area contributed by atoms with Crippen molar-refractivity contribution in [2.75, 3.05) is 5.32 Å². The maximum Gasteiger partial charge on any atom is 0.410 e. The van der Waals surface area contributed by atoms with Gasteiger partial charge in [0.25, 0.3) is 0 Å². The number of fused-ring (bicyclic) bond motifs is 1. The Morgan fingerprint density at radius 1 is 1.55 bits per heavy atom. The molecule has 22 heavy (non-hydrogen) atoms. The van der Waals surface area contributed by atoms with Gasteiger partial charge in [-0.05, 0) is 27.4 Å². The van der Waals surface area contributed by atoms with Crippen molar-refractivity contribution in [3.05, 3.63) is 32.6 Å². The molecule has 0 bridgehead atoms. The predicted octanol–water partition coefficient (Wildman–Crippen LogP) is 4.07. The van der Waals surface area contributed by atoms with E-state index < -0.39 is 29.9 Å². The van der Waals surface area contributed by atoms with Crippen LogP contribution in [0.4, 0.5) is 19.0 Å². The molecule has 0 radical (unpaired) electrons. The van der Waals surface area contributed by atoms with Gasteiger partial charge >= 0.3 is 12.1 Å². The zero-order valence-electron chi connectivity index (χ0n) is 10.8. The third-order valence-electron chi connectivity index (χ3n) is 3.38. The van der Waals surface area contributed by atoms with Gasteiger partial charge in [0, 0.05) is 11.3 Å². The number of hydrogen-bond acceptors (Lipinski definition) is 4. The molecule has 2 aromatic heterocycles. The van der Waals surface area contributed by atoms with E-state index in [-0.39, 0.29) is 16.7 Å². The van der Waals surface area contributed by atoms with Crippen molar-refractivity contribution in [3.63, 3.8) is 0 Å². The van der Waals surface area contributed by atoms with Crippen LogP contribution in [0, 0.1) is 0 Å². The Bertz CT molecular complexity index is 714. The van der Waals surface area contributed by atoms with Crippen LogP contribution in [0.25, 0.3) is 0 Å². The van der Waals surface area contributed by atoms with Crippen LogP contribution in [0.15, 0.2) is 22.0 Å². The number of carbonyl (C=O) groups is 1. The van der Waals surface area contributed by atoms with Gasteiger partial charge in [-0.25, -0.2) is 9.48 Å². The SMILES string of the molecule is O=C(O)c1nn2c(c1Br)N[C@@H](c1cccs1)C[C@H]2C(F)(F)F. The van der Waals surface area contributed by atoms with Crippen molar-refractivity contribution in [3.8, 4) is 0 Å². The lowest BCUT2D eigenvalue weighted by Crippen LogP contribution is -2.35. The summed E-state index contributed by atoms with van der Waals surface area (Å²) in [6.07, 6.45) is -4.77. The van der Waals surface area contributed by atoms with Crippen LogP contribution in [-0.4, -0.2) is 27.0 Å². The minimum Gasteiger partial charge on any atom is -0.476 e. The highest BCUT2D eigenvalue weighted by atomic mass is 79.9. The molecule has 1 aliphatic heterocycles. The summed E-state index contributed by atoms with van der Waals surface area (Å²) in [5.74, 6) is -1.35. The van der Waals surface area contributed by atoms with Crippen LogP contribution in [0.2, 0.25) is 0 Å². The molecule has 0 saturated heterocycles. The second kappa shape index (κ2) is 5.27. The Hall–Kier alpha value is -1.55. The summed E-state index contributed by atoms with van der Waals surface area (Å²) in [6, 6.07) is 1.08. The monoisotopic (exact) mass is 395 g/mol. The second-order valence-corrected chi connectivity index (χ2v) is 6.54. The third-order valence-corrected chi connectivity index (χ3v) is 5.12. The Morgan fingerprint density at radius 3 is 2.82 bits per heavy atom. The minimum absolute atomic E-state index is 0.0236. The molecule has 0 spiro atoms. The van der Waals surface area contributed by atoms with E-state index in [9.17, 15) is 18.0 Å². The normalized spacial score (nSPS) is 21.3. The average molecular weight is 396 g/mol. The number of aromatic nitrogens is 2. The summed E-state index contributed by atoms with van der Waals surface area (Å²) >= 11 is 4.38. The molecule has 10 heteroatoms. The average Bonchev–Trinajstić information content (AvgIpc) is 3.05. The molecule has 0 aromatic carbocycles. The summed E-state index contributed by atoms with van der Waals surface area (Å²) in [4.78, 5) is 11.8. The van der Waals surface area contributed by atoms with Crippen molar-refractivity contribution in [1.29, 1.82) is 0 Å². The lowest BCUT2D eigenvalue weighted by molar-refractivity contribution is -0.173. The van der Waals surface area contributed by atoms with Crippen molar-refractivity contribution < 1.29 is 23.1 Å². The number of aromatic carboxylic acids is 1. The fraction of sp³-hybridized carbons (Fsp3) is 0.333. The Kier molecular flexibility index (Phi) is 3.68. The molecule has 2 aromatic rings. The first-order valence-electron chi connectivity index (χ1n) is 6.17. The summed E-state index contributed by atoms with van der Waals surface area (Å²) < 4.78 is 40.7. The fourth-order valence-electron chi connectivity index (χ4n) is 2.40. The highest BCUT2D eigenvalue weighted by Gasteiger charge is 2.47. The second-order valence-electron chi connectivity index (χ2n) is 4.77. The topological polar surface area (TPSA) is 67.1 Å². The molecule has 0 saturated carbocycles. The number of carboxylic acid groups (broad SMARTS) is 1. The number of nitrogens with one attached hydrogen (secondary N) is 1. The number of hydrogen-bond donors (Lipinski definition) is 2. The Balaban J connectivity index is 2.10. The van der Waals surface area contributed by atoms with E-state index in [1.54, 1.807) is 17.5 Å². The van der Waals surface area contributed by atoms with Crippen LogP contribution in [0.1, 0.15) is 33.9 Å². The maximum atomic E-state index is 13.3. The number of thiophene rings is 1. The minimum atomic E-state index is -4.52. The first-order valence-corrected chi connectivity index (χ1v) is 7.84. The van der Waals surface area contributed by atoms with Crippen LogP contribution >= 0.6 is 27.3 Å². The van der Waals surface area contributed by atoms with Crippen LogP contribution < -0.4 is 5.32 Å². The summed E-state index contributed by atoms with van der Waals surface area (Å²) in [5, 5.41) is 17.4. The lowest BCUT2D eigenvalue weighted by Gasteiger charge is -2.33. The molecule has 3 rings (SSSR count). The quantitative estimate of drug-likeness (QED) is 0.804. The number of anilines is 1. The zero-order valence-corrected chi connectivity index (χ0v) is 13.2. The van der Waals surface area contributed by atoms with Gasteiger partial charge < -0.3 is 10.4 Å². The standard InChI is InChI=1S/C12H9BrF3N3O2S/c13-8-9(11(20)21)18-19-7(12(14,15)16)4-5(17-10(8)19)6-2-1-3-22-6/h1-3,5,7,17H,4H2,(H,20,21)/t5-,7+/m1/s1. The molecule has 2 N–H and O–H groups in total. The Morgan fingerprint density at radius 2 is 2.27 bits per heavy atom. The van der Waals surface area contributed by atoms with Gasteiger partial charge in [-0.1, -0.05) is 6.07 Å². The number of rotatable bonds is 2. The van der Waals surface area contributed by atoms with Crippen molar-refractivity contribution in [2.24, 2.45) is 0 Å². The molecule has 0 fully saturated rings. The summed E-state index contributed by atoms with van der Waals surface area (Å²) in [7, 11) is 0. The molecule has 5 nitrogen and oxygen atoms in total. The van der Waals surface area contributed by atoms with Crippen LogP contribution in [-0.2, 0) is 0 Å². The van der Waals surface area contributed by atoms with E-state index in [2.05, 4.69) is 26.3 Å². The predicted molar refractivity (Wildman–Crippen MR) is 77.3 cm³/mol. The molecule has 2 atom stereocenters. The highest BCUT2D eigenvalue weighted by molar-refractivity contribution is 9.10. The molecule has 0 aliphatic carbocycles. The Labute approximate surface area is 134 Å². The summed E-state index contributed by atoms with van der Waals surface area (Å²) in [6.45, 7) is 0. The van der Waals surface area contributed by atoms with Gasteiger partial charge in [0.1, 0.15) is 5.82 Å². The molecule has 1 aliphatic rings. The van der Waals surface area contributed by atoms with Crippen molar-refractivity contribution >= 4 is 39.1 Å². The van der Waals surface area contributed by atoms with E-state index in [1.807, 2.05) is 0 Å². The van der Waals surface area contributed by atoms with Crippen LogP contribution in [0.3, 0.4) is 0 Å². The van der Waals surface area contributed by atoms with Crippen molar-refractivity contribution in [2.45, 2.75) is 24.7 Å². The van der Waals surface area contributed by atoms with Gasteiger partial charge in [0.2, 0.25) is 0 Å². The van der Waals surface area contributed by atoms with E-state index in [0.29, 0.717) is 4.68 Å². The highest BCUT2D eigenvalue weighted by Crippen LogP contribution is 2.46. The van der Waals surface area contributed by atoms with Gasteiger partial charge in [0.15, 0.2) is 11.7 Å². The van der Waals surface area contributed by atoms with E-state index in [1.165, 1.54) is 11.3 Å². The number of alkyl halides is 3. The lowest BCUT2D eigenvalue weighted by atomic mass is 10.0. The largest absolute Gasteiger partial charge is 0.476 e. The van der Waals surface area contributed by atoms with Crippen LogP contribution in [0.5, 0.6) is 0 Å². The van der Waals surface area contributed by atoms with E-state index in [4.69, 9.17) is 5.11 Å². The molecule has 3 heterocycles.